The molecule has 1 rings (SSSR count). The minimum Gasteiger partial charge on any atom is -0.470 e. The summed E-state index contributed by atoms with van der Waals surface area (Å²) in [6, 6.07) is 0. The first-order chi connectivity index (χ1) is 6.06. The first-order valence-electron chi connectivity index (χ1n) is 4.69. The third-order valence-electron chi connectivity index (χ3n) is 1.79. The van der Waals surface area contributed by atoms with E-state index in [1.807, 2.05) is 13.8 Å². The highest BCUT2D eigenvalue weighted by atomic mass is 16.8. The van der Waals surface area contributed by atoms with Gasteiger partial charge in [-0.2, -0.15) is 0 Å². The molecule has 0 radical (unpaired) electrons. The van der Waals surface area contributed by atoms with E-state index in [1.54, 1.807) is 0 Å². The van der Waals surface area contributed by atoms with E-state index >= 15 is 0 Å². The monoisotopic (exact) mass is 186 g/mol. The Hall–Kier alpha value is -0.540. The maximum atomic E-state index is 5.59. The first kappa shape index (κ1) is 10.5. The molecule has 3 heteroatoms. The standard InChI is InChI=1S/C10H18O3/c1-5-6-9(12-8(2)3)13-10(4)7-11-10/h9H,2,5-7H2,1,3-4H3. The van der Waals surface area contributed by atoms with Gasteiger partial charge in [0.05, 0.1) is 5.76 Å². The van der Waals surface area contributed by atoms with Crippen LogP contribution in [0.5, 0.6) is 0 Å². The summed E-state index contributed by atoms with van der Waals surface area (Å²) < 4.78 is 16.1. The molecule has 0 aromatic heterocycles. The number of ether oxygens (including phenoxy) is 3. The maximum Gasteiger partial charge on any atom is 0.202 e. The summed E-state index contributed by atoms with van der Waals surface area (Å²) in [4.78, 5) is 0. The highest BCUT2D eigenvalue weighted by Crippen LogP contribution is 2.30. The molecule has 3 nitrogen and oxygen atoms in total. The van der Waals surface area contributed by atoms with Crippen molar-refractivity contribution >= 4 is 0 Å². The normalized spacial score (nSPS) is 28.2. The fraction of sp³-hybridized carbons (Fsp3) is 0.800. The van der Waals surface area contributed by atoms with E-state index in [2.05, 4.69) is 13.5 Å². The lowest BCUT2D eigenvalue weighted by molar-refractivity contribution is -0.186. The highest BCUT2D eigenvalue weighted by Gasteiger charge is 2.43. The predicted molar refractivity (Wildman–Crippen MR) is 50.0 cm³/mol. The lowest BCUT2D eigenvalue weighted by Crippen LogP contribution is -2.24. The summed E-state index contributed by atoms with van der Waals surface area (Å²) in [5.74, 6) is 0.276. The number of allylic oxidation sites excluding steroid dienone is 1. The first-order valence-corrected chi connectivity index (χ1v) is 4.69. The van der Waals surface area contributed by atoms with Crippen LogP contribution >= 0.6 is 0 Å². The van der Waals surface area contributed by atoms with Crippen LogP contribution in [0.2, 0.25) is 0 Å². The van der Waals surface area contributed by atoms with Crippen molar-refractivity contribution in [3.05, 3.63) is 12.3 Å². The number of hydrogen-bond donors (Lipinski definition) is 0. The van der Waals surface area contributed by atoms with Gasteiger partial charge in [0.1, 0.15) is 6.61 Å². The topological polar surface area (TPSA) is 31.0 Å². The van der Waals surface area contributed by atoms with Crippen LogP contribution < -0.4 is 0 Å². The Bertz CT molecular complexity index is 185. The van der Waals surface area contributed by atoms with Gasteiger partial charge in [-0.1, -0.05) is 19.9 Å². The molecule has 0 spiro atoms. The van der Waals surface area contributed by atoms with Crippen LogP contribution in [0.15, 0.2) is 12.3 Å². The average Bonchev–Trinajstić information content (AvgIpc) is 2.66. The summed E-state index contributed by atoms with van der Waals surface area (Å²) in [5.41, 5.74) is 0. The van der Waals surface area contributed by atoms with Crippen molar-refractivity contribution in [1.82, 2.24) is 0 Å². The Morgan fingerprint density at radius 2 is 2.31 bits per heavy atom. The molecule has 0 bridgehead atoms. The Kier molecular flexibility index (Phi) is 3.33. The van der Waals surface area contributed by atoms with Crippen molar-refractivity contribution in [3.8, 4) is 0 Å². The Morgan fingerprint density at radius 3 is 2.69 bits per heavy atom. The molecular formula is C10H18O3. The zero-order valence-electron chi connectivity index (χ0n) is 8.63. The molecule has 0 amide bonds. The zero-order valence-corrected chi connectivity index (χ0v) is 8.63. The molecule has 0 saturated carbocycles. The highest BCUT2D eigenvalue weighted by molar-refractivity contribution is 4.79. The molecule has 1 fully saturated rings. The summed E-state index contributed by atoms with van der Waals surface area (Å²) in [5, 5.41) is 0. The van der Waals surface area contributed by atoms with Crippen LogP contribution in [-0.2, 0) is 14.2 Å². The summed E-state index contributed by atoms with van der Waals surface area (Å²) in [7, 11) is 0. The Balaban J connectivity index is 2.32. The van der Waals surface area contributed by atoms with Gasteiger partial charge in [0.25, 0.3) is 0 Å². The molecule has 1 heterocycles. The van der Waals surface area contributed by atoms with E-state index < -0.39 is 5.79 Å². The van der Waals surface area contributed by atoms with Gasteiger partial charge in [-0.25, -0.2) is 0 Å². The van der Waals surface area contributed by atoms with Gasteiger partial charge >= 0.3 is 0 Å². The van der Waals surface area contributed by atoms with E-state index in [0.717, 1.165) is 12.8 Å². The molecule has 0 aromatic rings. The van der Waals surface area contributed by atoms with Gasteiger partial charge in [0, 0.05) is 6.42 Å². The van der Waals surface area contributed by atoms with Crippen molar-refractivity contribution in [1.29, 1.82) is 0 Å². The molecule has 2 unspecified atom stereocenters. The lowest BCUT2D eigenvalue weighted by Gasteiger charge is -2.20. The van der Waals surface area contributed by atoms with Crippen molar-refractivity contribution < 1.29 is 14.2 Å². The molecule has 13 heavy (non-hydrogen) atoms. The Morgan fingerprint density at radius 1 is 1.69 bits per heavy atom. The van der Waals surface area contributed by atoms with Crippen LogP contribution in [0.4, 0.5) is 0 Å². The number of hydrogen-bond acceptors (Lipinski definition) is 3. The van der Waals surface area contributed by atoms with E-state index in [0.29, 0.717) is 12.4 Å². The van der Waals surface area contributed by atoms with Gasteiger partial charge < -0.3 is 14.2 Å². The fourth-order valence-electron chi connectivity index (χ4n) is 1.05. The molecule has 2 atom stereocenters. The van der Waals surface area contributed by atoms with Gasteiger partial charge in [-0.3, -0.25) is 0 Å². The van der Waals surface area contributed by atoms with Crippen LogP contribution in [0.3, 0.4) is 0 Å². The van der Waals surface area contributed by atoms with Crippen molar-refractivity contribution in [2.45, 2.75) is 45.7 Å². The number of rotatable bonds is 6. The SMILES string of the molecule is C=C(C)OC(CCC)OC1(C)CO1. The van der Waals surface area contributed by atoms with E-state index in [-0.39, 0.29) is 6.29 Å². The second-order valence-corrected chi connectivity index (χ2v) is 3.58. The van der Waals surface area contributed by atoms with Gasteiger partial charge in [0.15, 0.2) is 5.79 Å². The molecule has 0 aromatic carbocycles. The van der Waals surface area contributed by atoms with E-state index in [4.69, 9.17) is 14.2 Å². The fourth-order valence-corrected chi connectivity index (χ4v) is 1.05. The van der Waals surface area contributed by atoms with Crippen LogP contribution in [0, 0.1) is 0 Å². The van der Waals surface area contributed by atoms with Crippen molar-refractivity contribution in [3.63, 3.8) is 0 Å². The van der Waals surface area contributed by atoms with Crippen LogP contribution in [-0.4, -0.2) is 18.7 Å². The summed E-state index contributed by atoms with van der Waals surface area (Å²) in [6.07, 6.45) is 1.68. The minimum atomic E-state index is -0.407. The van der Waals surface area contributed by atoms with Crippen LogP contribution in [0.25, 0.3) is 0 Å². The molecule has 76 valence electrons. The third kappa shape index (κ3) is 3.79. The molecule has 0 N–H and O–H groups in total. The second kappa shape index (κ2) is 4.11. The number of epoxide rings is 1. The largest absolute Gasteiger partial charge is 0.470 e. The van der Waals surface area contributed by atoms with Gasteiger partial charge in [-0.05, 0) is 13.8 Å². The van der Waals surface area contributed by atoms with E-state index in [1.165, 1.54) is 0 Å². The summed E-state index contributed by atoms with van der Waals surface area (Å²) in [6.45, 7) is 10.2. The lowest BCUT2D eigenvalue weighted by atomic mass is 10.3. The molecule has 0 aliphatic carbocycles. The molecule has 1 saturated heterocycles. The maximum absolute atomic E-state index is 5.59. The average molecular weight is 186 g/mol. The third-order valence-corrected chi connectivity index (χ3v) is 1.79. The summed E-state index contributed by atoms with van der Waals surface area (Å²) >= 11 is 0. The van der Waals surface area contributed by atoms with E-state index in [9.17, 15) is 0 Å². The van der Waals surface area contributed by atoms with Crippen LogP contribution in [0.1, 0.15) is 33.6 Å². The van der Waals surface area contributed by atoms with Gasteiger partial charge in [-0.15, -0.1) is 0 Å². The van der Waals surface area contributed by atoms with Crippen molar-refractivity contribution in [2.24, 2.45) is 0 Å². The zero-order chi connectivity index (χ0) is 9.90. The molecule has 1 aliphatic heterocycles. The molecule has 1 aliphatic rings. The van der Waals surface area contributed by atoms with Gasteiger partial charge in [0.2, 0.25) is 6.29 Å². The van der Waals surface area contributed by atoms with Crippen molar-refractivity contribution in [2.75, 3.05) is 6.61 Å². The predicted octanol–water partition coefficient (Wildman–Crippen LogP) is 2.43. The quantitative estimate of drug-likeness (QED) is 0.362. The minimum absolute atomic E-state index is 0.213. The molecular weight excluding hydrogens is 168 g/mol. The Labute approximate surface area is 79.7 Å². The second-order valence-electron chi connectivity index (χ2n) is 3.58. The smallest absolute Gasteiger partial charge is 0.202 e.